The zero-order valence-corrected chi connectivity index (χ0v) is 69.7. The van der Waals surface area contributed by atoms with Crippen molar-refractivity contribution >= 4 is 143 Å². The van der Waals surface area contributed by atoms with Gasteiger partial charge in [0.2, 0.25) is 0 Å². The van der Waals surface area contributed by atoms with Gasteiger partial charge in [0.15, 0.2) is 0 Å². The molecule has 16 aromatic carbocycles. The molecule has 121 heavy (non-hydrogen) atoms. The maximum absolute atomic E-state index is 10.0. The highest BCUT2D eigenvalue weighted by Gasteiger charge is 2.44. The van der Waals surface area contributed by atoms with E-state index in [0.29, 0.717) is 44.9 Å². The van der Waals surface area contributed by atoms with Crippen LogP contribution in [0.15, 0.2) is 333 Å². The maximum Gasteiger partial charge on any atom is 0.0734 e. The molecule has 21 aromatic rings. The Morgan fingerprint density at radius 2 is 0.587 bits per heavy atom. The Kier molecular flexibility index (Phi) is 12.3. The van der Waals surface area contributed by atoms with Gasteiger partial charge >= 0.3 is 0 Å². The number of aryl methyl sites for hydroxylation is 1. The average Bonchev–Trinajstić information content (AvgIpc) is 1.68. The topological polar surface area (TPSA) is 31.1 Å². The third-order valence-electron chi connectivity index (χ3n) is 25.7. The van der Waals surface area contributed by atoms with Crippen LogP contribution >= 0.6 is 0 Å². The zero-order valence-electron chi connectivity index (χ0n) is 85.7. The van der Waals surface area contributed by atoms with Crippen LogP contribution in [0.25, 0.3) is 154 Å². The summed E-state index contributed by atoms with van der Waals surface area (Å²) in [4.78, 5) is 4.75. The number of rotatable bonds is 8. The summed E-state index contributed by atoms with van der Waals surface area (Å²) in [5.41, 5.74) is 21.9. The lowest BCUT2D eigenvalue weighted by Crippen LogP contribution is -2.30. The van der Waals surface area contributed by atoms with E-state index < -0.39 is 103 Å². The summed E-state index contributed by atoms with van der Waals surface area (Å²) in [5.74, 6) is -0.690. The van der Waals surface area contributed by atoms with E-state index in [4.69, 9.17) is 2.74 Å². The number of hydrogen-bond donors (Lipinski definition) is 0. The fourth-order valence-electron chi connectivity index (χ4n) is 19.7. The van der Waals surface area contributed by atoms with Crippen LogP contribution in [-0.4, -0.2) is 22.8 Å². The van der Waals surface area contributed by atoms with Crippen LogP contribution in [0.5, 0.6) is 0 Å². The molecule has 0 saturated heterocycles. The zero-order chi connectivity index (χ0) is 96.1. The monoisotopic (exact) mass is 1580 g/mol. The largest absolute Gasteiger partial charge is 0.340 e. The molecular formula is C114H95N7. The van der Waals surface area contributed by atoms with Crippen LogP contribution in [0.1, 0.15) is 150 Å². The Balaban J connectivity index is 0.916. The summed E-state index contributed by atoms with van der Waals surface area (Å²) >= 11 is 0. The third kappa shape index (κ3) is 11.0. The first kappa shape index (κ1) is 57.3. The second kappa shape index (κ2) is 26.1. The van der Waals surface area contributed by atoms with Gasteiger partial charge in [0.1, 0.15) is 0 Å². The number of benzene rings is 16. The van der Waals surface area contributed by atoms with Crippen molar-refractivity contribution in [2.45, 2.75) is 111 Å². The summed E-state index contributed by atoms with van der Waals surface area (Å²) in [7, 11) is 1.93. The van der Waals surface area contributed by atoms with Crippen molar-refractivity contribution in [3.63, 3.8) is 0 Å². The summed E-state index contributed by atoms with van der Waals surface area (Å²) in [6, 6.07) is 76.5. The lowest BCUT2D eigenvalue weighted by Gasteiger charge is -2.46. The minimum atomic E-state index is -0.690. The number of para-hydroxylation sites is 6. The molecule has 0 aliphatic carbocycles. The molecule has 1 unspecified atom stereocenters. The van der Waals surface area contributed by atoms with E-state index in [1.807, 2.05) is 66.2 Å². The van der Waals surface area contributed by atoms with Crippen LogP contribution in [0.4, 0.5) is 34.1 Å². The van der Waals surface area contributed by atoms with E-state index >= 15 is 0 Å². The highest BCUT2D eigenvalue weighted by molar-refractivity contribution is 6.19. The van der Waals surface area contributed by atoms with Crippen molar-refractivity contribution in [3.05, 3.63) is 372 Å². The Bertz CT molecular complexity index is 8640. The van der Waals surface area contributed by atoms with Gasteiger partial charge in [0, 0.05) is 89.5 Å². The van der Waals surface area contributed by atoms with Crippen LogP contribution in [0, 0.1) is 0 Å². The number of aromatic nitrogens is 5. The molecule has 7 nitrogen and oxygen atoms in total. The van der Waals surface area contributed by atoms with Crippen LogP contribution < -0.4 is 9.80 Å². The highest BCUT2D eigenvalue weighted by Crippen LogP contribution is 2.63. The molecule has 2 aliphatic rings. The predicted molar refractivity (Wildman–Crippen MR) is 514 cm³/mol. The van der Waals surface area contributed by atoms with Gasteiger partial charge in [0.05, 0.1) is 117 Å². The average molecular weight is 1580 g/mol. The molecule has 0 spiro atoms. The van der Waals surface area contributed by atoms with Crippen LogP contribution in [-0.2, 0) is 28.7 Å². The molecule has 2 aliphatic heterocycles. The van der Waals surface area contributed by atoms with Crippen molar-refractivity contribution in [2.75, 3.05) is 9.80 Å². The summed E-state index contributed by atoms with van der Waals surface area (Å²) < 4.78 is 163. The first-order chi connectivity index (χ1) is 65.1. The van der Waals surface area contributed by atoms with Crippen LogP contribution in [0.3, 0.4) is 0 Å². The Labute approximate surface area is 728 Å². The maximum atomic E-state index is 10.0. The Morgan fingerprint density at radius 1 is 0.240 bits per heavy atom. The van der Waals surface area contributed by atoms with Gasteiger partial charge in [-0.15, -0.1) is 0 Å². The van der Waals surface area contributed by atoms with Crippen molar-refractivity contribution in [3.8, 4) is 45.0 Å². The third-order valence-corrected chi connectivity index (χ3v) is 25.7. The molecule has 0 bridgehead atoms. The second-order valence-corrected chi connectivity index (χ2v) is 37.1. The minimum absolute atomic E-state index is 0.0429. The standard InChI is InChI=1S/C114H95N7/c1-111(2,3)73-46-54-97-89(61-73)90-62-74(112(4,5)6)47-55-98(90)117(97)77-50-52-87-103(65-77)119(79-59-71(69-30-16-14-17-31-69)58-72(60-79)70-32-18-15-19-33-70)105-67-80(118-99-56-48-75(113(7,8)9)63-91(99)92-64-76(114(10,11)12)49-57-100(92)118)68-106-108(105)107(87)88-53-51-78(116-93-40-24-20-34-81(93)82-35-21-25-41-94(82)116)66-104(88)121(106)102-45-29-39-86-85-38-28-44-101(109(85)115(13)110(86)102)120-95-42-26-22-36-83(95)84-37-23-27-43-96(84)120/h14-68,107H,1-13H3/i20D,21D,22D,23D,24D,25D,26D,27D,34D,35D,36D,37D,40D,41D,42D,43D. The van der Waals surface area contributed by atoms with Gasteiger partial charge in [-0.1, -0.05) is 277 Å². The number of nitrogens with zero attached hydrogens (tertiary/aromatic N) is 7. The van der Waals surface area contributed by atoms with Crippen molar-refractivity contribution in [2.24, 2.45) is 7.05 Å². The molecule has 0 N–H and O–H groups in total. The Hall–Kier alpha value is -13.9. The first-order valence-corrected chi connectivity index (χ1v) is 41.7. The molecule has 0 saturated carbocycles. The molecule has 5 aromatic heterocycles. The molecule has 0 amide bonds. The fraction of sp³-hybridized carbons (Fsp3) is 0.158. The van der Waals surface area contributed by atoms with Crippen molar-refractivity contribution in [1.82, 2.24) is 22.8 Å². The van der Waals surface area contributed by atoms with Crippen LogP contribution in [0.2, 0.25) is 0 Å². The Morgan fingerprint density at radius 3 is 1.00 bits per heavy atom. The van der Waals surface area contributed by atoms with E-state index in [1.54, 1.807) is 9.13 Å². The minimum Gasteiger partial charge on any atom is -0.340 e. The van der Waals surface area contributed by atoms with Crippen molar-refractivity contribution in [1.29, 1.82) is 0 Å². The number of fused-ring (bicyclic) bond motifs is 19. The molecule has 7 heterocycles. The van der Waals surface area contributed by atoms with Gasteiger partial charge in [-0.2, -0.15) is 0 Å². The van der Waals surface area contributed by atoms with Gasteiger partial charge < -0.3 is 32.6 Å². The second-order valence-electron chi connectivity index (χ2n) is 37.1. The molecule has 23 rings (SSSR count). The summed E-state index contributed by atoms with van der Waals surface area (Å²) in [5, 5.41) is 5.44. The van der Waals surface area contributed by atoms with Gasteiger partial charge in [-0.3, -0.25) is 0 Å². The van der Waals surface area contributed by atoms with Gasteiger partial charge in [-0.25, -0.2) is 0 Å². The molecular weight excluding hydrogens is 1470 g/mol. The number of hydrogen-bond acceptors (Lipinski definition) is 2. The highest BCUT2D eigenvalue weighted by atomic mass is 15.2. The summed E-state index contributed by atoms with van der Waals surface area (Å²) in [6.07, 6.45) is 0. The predicted octanol–water partition coefficient (Wildman–Crippen LogP) is 31.0. The van der Waals surface area contributed by atoms with E-state index in [2.05, 4.69) is 284 Å². The van der Waals surface area contributed by atoms with Gasteiger partial charge in [-0.05, 0) is 217 Å². The quantitative estimate of drug-likeness (QED) is 0.152. The van der Waals surface area contributed by atoms with Gasteiger partial charge in [0.25, 0.3) is 0 Å². The smallest absolute Gasteiger partial charge is 0.0734 e. The lowest BCUT2D eigenvalue weighted by atomic mass is 9.75. The molecule has 0 radical (unpaired) electrons. The first-order valence-electron chi connectivity index (χ1n) is 49.7. The molecule has 586 valence electrons. The summed E-state index contributed by atoms with van der Waals surface area (Å²) in [6.45, 7) is 27.0. The lowest BCUT2D eigenvalue weighted by molar-refractivity contribution is 0.590. The van der Waals surface area contributed by atoms with Crippen molar-refractivity contribution < 1.29 is 21.9 Å². The SMILES string of the molecule is [2H]c1c([2H])c([2H])c2c(c1[2H])c1c([2H])c([2H])c([2H])c([2H])c1n2-c1ccc2c(c1)N(c1cccc3c4cccc(-n5c6c([2H])c([2H])c([2H])c([2H])c6c6c([2H])c([2H])c([2H])c([2H])c65)c4n(C)c13)c1cc(-n3c4ccc(C(C)(C)C)cc4c4cc(C(C)(C)C)ccc43)cc3c1C2c1ccc(-n2c4ccc(C(C)(C)C)cc4c4cc(C(C)(C)C)ccc42)cc1N3c1cc(-c2ccccc2)cc(-c2ccccc2)c1. The van der Waals surface area contributed by atoms with E-state index in [9.17, 15) is 19.2 Å². The van der Waals surface area contributed by atoms with E-state index in [1.165, 1.54) is 11.1 Å². The molecule has 1 atom stereocenters. The fourth-order valence-corrected chi connectivity index (χ4v) is 19.7. The molecule has 7 heteroatoms. The normalized spacial score (nSPS) is 15.7. The number of anilines is 6. The molecule has 0 fully saturated rings. The van der Waals surface area contributed by atoms with E-state index in [-0.39, 0.29) is 65.3 Å². The van der Waals surface area contributed by atoms with E-state index in [0.717, 1.165) is 128 Å².